The van der Waals surface area contributed by atoms with Gasteiger partial charge in [0.15, 0.2) is 0 Å². The van der Waals surface area contributed by atoms with E-state index in [-0.39, 0.29) is 11.9 Å². The second-order valence-electron chi connectivity index (χ2n) is 11.7. The molecule has 0 aliphatic rings. The molecule has 0 bridgehead atoms. The van der Waals surface area contributed by atoms with Crippen molar-refractivity contribution in [2.75, 3.05) is 46.6 Å². The Morgan fingerprint density at radius 2 is 1.03 bits per heavy atom. The van der Waals surface area contributed by atoms with Gasteiger partial charge in [-0.2, -0.15) is 0 Å². The maximum absolute atomic E-state index is 12.8. The van der Waals surface area contributed by atoms with E-state index in [0.29, 0.717) is 13.2 Å². The van der Waals surface area contributed by atoms with Gasteiger partial charge in [-0.1, -0.05) is 104 Å². The molecule has 1 N–H and O–H groups in total. The van der Waals surface area contributed by atoms with E-state index in [4.69, 9.17) is 14.6 Å². The first-order valence-electron chi connectivity index (χ1n) is 17.2. The summed E-state index contributed by atoms with van der Waals surface area (Å²) in [6, 6.07) is 0. The lowest BCUT2D eigenvalue weighted by molar-refractivity contribution is -0.149. The molecule has 5 heteroatoms. The smallest absolute Gasteiger partial charge is 0.308 e. The molecule has 234 valence electrons. The lowest BCUT2D eigenvalue weighted by Gasteiger charge is -2.22. The van der Waals surface area contributed by atoms with Crippen molar-refractivity contribution >= 4 is 5.97 Å². The van der Waals surface area contributed by atoms with Gasteiger partial charge in [0.25, 0.3) is 0 Å². The predicted octanol–water partition coefficient (Wildman–Crippen LogP) is 9.10. The number of ether oxygens (including phenoxy) is 2. The fourth-order valence-corrected chi connectivity index (χ4v) is 5.35. The Hall–Kier alpha value is -0.650. The number of aliphatic hydroxyl groups excluding tert-OH is 1. The molecule has 5 nitrogen and oxygen atoms in total. The summed E-state index contributed by atoms with van der Waals surface area (Å²) in [4.78, 5) is 15.5. The van der Waals surface area contributed by atoms with Crippen LogP contribution in [-0.2, 0) is 14.3 Å². The van der Waals surface area contributed by atoms with E-state index in [9.17, 15) is 4.79 Å². The highest BCUT2D eigenvalue weighted by atomic mass is 16.5. The van der Waals surface area contributed by atoms with Crippen LogP contribution in [0.2, 0.25) is 0 Å². The van der Waals surface area contributed by atoms with Crippen LogP contribution < -0.4 is 0 Å². The van der Waals surface area contributed by atoms with Crippen molar-refractivity contribution in [2.45, 2.75) is 162 Å². The highest BCUT2D eigenvalue weighted by molar-refractivity contribution is 5.72. The van der Waals surface area contributed by atoms with Crippen molar-refractivity contribution in [1.82, 2.24) is 4.90 Å². The van der Waals surface area contributed by atoms with Gasteiger partial charge >= 0.3 is 5.97 Å². The van der Waals surface area contributed by atoms with Gasteiger partial charge in [-0.05, 0) is 77.4 Å². The summed E-state index contributed by atoms with van der Waals surface area (Å²) in [6.45, 7) is 9.76. The van der Waals surface area contributed by atoms with Crippen molar-refractivity contribution in [3.05, 3.63) is 0 Å². The lowest BCUT2D eigenvalue weighted by Crippen LogP contribution is -2.27. The molecular weight excluding hydrogens is 486 g/mol. The SMILES string of the molecule is CCCCCCCCC(CCCCCC)C(=O)OCCCCCCN(CCCCCO)CCCCCCOC. The second-order valence-corrected chi connectivity index (χ2v) is 11.7. The first-order valence-corrected chi connectivity index (χ1v) is 17.2. The van der Waals surface area contributed by atoms with Crippen molar-refractivity contribution in [2.24, 2.45) is 5.92 Å². The van der Waals surface area contributed by atoms with Gasteiger partial charge in [-0.3, -0.25) is 4.79 Å². The maximum Gasteiger partial charge on any atom is 0.308 e. The number of hydrogen-bond acceptors (Lipinski definition) is 5. The Kier molecular flexibility index (Phi) is 31.3. The van der Waals surface area contributed by atoms with E-state index in [0.717, 1.165) is 71.1 Å². The Morgan fingerprint density at radius 1 is 0.590 bits per heavy atom. The molecule has 0 amide bonds. The van der Waals surface area contributed by atoms with Gasteiger partial charge in [-0.25, -0.2) is 0 Å². The zero-order valence-corrected chi connectivity index (χ0v) is 26.7. The van der Waals surface area contributed by atoms with E-state index >= 15 is 0 Å². The minimum absolute atomic E-state index is 0.0691. The van der Waals surface area contributed by atoms with Crippen molar-refractivity contribution in [3.8, 4) is 0 Å². The molecule has 0 aromatic carbocycles. The summed E-state index contributed by atoms with van der Waals surface area (Å²) in [5.41, 5.74) is 0. The van der Waals surface area contributed by atoms with Crippen molar-refractivity contribution < 1.29 is 19.4 Å². The molecule has 1 unspecified atom stereocenters. The summed E-state index contributed by atoms with van der Waals surface area (Å²) in [5, 5.41) is 9.06. The summed E-state index contributed by atoms with van der Waals surface area (Å²) < 4.78 is 10.9. The topological polar surface area (TPSA) is 59.0 Å². The van der Waals surface area contributed by atoms with Crippen LogP contribution in [0.5, 0.6) is 0 Å². The van der Waals surface area contributed by atoms with Crippen LogP contribution in [0, 0.1) is 5.92 Å². The Morgan fingerprint density at radius 3 is 1.56 bits per heavy atom. The highest BCUT2D eigenvalue weighted by Crippen LogP contribution is 2.21. The largest absolute Gasteiger partial charge is 0.465 e. The van der Waals surface area contributed by atoms with Crippen LogP contribution in [0.4, 0.5) is 0 Å². The molecule has 0 saturated heterocycles. The molecule has 0 radical (unpaired) electrons. The minimum Gasteiger partial charge on any atom is -0.465 e. The van der Waals surface area contributed by atoms with Crippen LogP contribution >= 0.6 is 0 Å². The molecule has 39 heavy (non-hydrogen) atoms. The summed E-state index contributed by atoms with van der Waals surface area (Å²) in [6.07, 6.45) is 27.3. The molecule has 0 saturated carbocycles. The van der Waals surface area contributed by atoms with Crippen LogP contribution in [0.1, 0.15) is 162 Å². The number of nitrogens with zero attached hydrogens (tertiary/aromatic N) is 1. The standard InChI is InChI=1S/C34H69NO4/c1-4-6-8-10-11-18-26-33(25-17-9-7-5-2)34(37)39-32-24-15-13-20-28-35(29-21-16-22-30-36)27-19-12-14-23-31-38-3/h33,36H,4-32H2,1-3H3. The maximum atomic E-state index is 12.8. The summed E-state index contributed by atoms with van der Waals surface area (Å²) in [5.74, 6) is 0.182. The molecule has 0 fully saturated rings. The number of carbonyl (C=O) groups excluding carboxylic acids is 1. The van der Waals surface area contributed by atoms with E-state index < -0.39 is 0 Å². The van der Waals surface area contributed by atoms with Crippen LogP contribution in [0.3, 0.4) is 0 Å². The van der Waals surface area contributed by atoms with Gasteiger partial charge in [-0.15, -0.1) is 0 Å². The third-order valence-electron chi connectivity index (χ3n) is 7.96. The lowest BCUT2D eigenvalue weighted by atomic mass is 9.94. The van der Waals surface area contributed by atoms with Crippen molar-refractivity contribution in [3.63, 3.8) is 0 Å². The molecule has 0 aromatic rings. The second kappa shape index (κ2) is 31.9. The van der Waals surface area contributed by atoms with E-state index in [1.807, 2.05) is 0 Å². The van der Waals surface area contributed by atoms with Gasteiger partial charge in [0.1, 0.15) is 0 Å². The fraction of sp³-hybridized carbons (Fsp3) is 0.971. The number of carbonyl (C=O) groups is 1. The number of hydrogen-bond donors (Lipinski definition) is 1. The zero-order chi connectivity index (χ0) is 28.7. The van der Waals surface area contributed by atoms with E-state index in [1.54, 1.807) is 7.11 Å². The number of aliphatic hydroxyl groups is 1. The zero-order valence-electron chi connectivity index (χ0n) is 26.7. The van der Waals surface area contributed by atoms with E-state index in [2.05, 4.69) is 18.7 Å². The molecule has 0 spiro atoms. The normalized spacial score (nSPS) is 12.3. The predicted molar refractivity (Wildman–Crippen MR) is 167 cm³/mol. The monoisotopic (exact) mass is 556 g/mol. The molecule has 0 aliphatic heterocycles. The first kappa shape index (κ1) is 38.4. The fourth-order valence-electron chi connectivity index (χ4n) is 5.35. The molecule has 0 rings (SSSR count). The third kappa shape index (κ3) is 27.3. The molecule has 0 aliphatic carbocycles. The average Bonchev–Trinajstić information content (AvgIpc) is 2.94. The quantitative estimate of drug-likeness (QED) is 0.0662. The molecular formula is C34H69NO4. The Balaban J connectivity index is 4.17. The minimum atomic E-state index is 0.0691. The summed E-state index contributed by atoms with van der Waals surface area (Å²) >= 11 is 0. The van der Waals surface area contributed by atoms with Crippen LogP contribution in [0.15, 0.2) is 0 Å². The average molecular weight is 556 g/mol. The number of rotatable bonds is 32. The van der Waals surface area contributed by atoms with Gasteiger partial charge in [0.05, 0.1) is 12.5 Å². The van der Waals surface area contributed by atoms with Crippen LogP contribution in [0.25, 0.3) is 0 Å². The molecule has 0 heterocycles. The number of methoxy groups -OCH3 is 1. The van der Waals surface area contributed by atoms with Crippen molar-refractivity contribution in [1.29, 1.82) is 0 Å². The number of esters is 1. The van der Waals surface area contributed by atoms with Crippen LogP contribution in [-0.4, -0.2) is 62.5 Å². The van der Waals surface area contributed by atoms with Gasteiger partial charge in [0, 0.05) is 20.3 Å². The number of unbranched alkanes of at least 4 members (excludes halogenated alkanes) is 16. The van der Waals surface area contributed by atoms with Gasteiger partial charge in [0.2, 0.25) is 0 Å². The van der Waals surface area contributed by atoms with E-state index in [1.165, 1.54) is 103 Å². The Bertz CT molecular complexity index is 488. The van der Waals surface area contributed by atoms with Gasteiger partial charge < -0.3 is 19.5 Å². The third-order valence-corrected chi connectivity index (χ3v) is 7.96. The highest BCUT2D eigenvalue weighted by Gasteiger charge is 2.19. The summed E-state index contributed by atoms with van der Waals surface area (Å²) in [7, 11) is 1.78. The molecule has 0 aromatic heterocycles. The Labute approximate surface area is 244 Å². The molecule has 1 atom stereocenters. The first-order chi connectivity index (χ1) is 19.2.